The largest absolute Gasteiger partial charge is 0.339 e. The number of pyridine rings is 2. The van der Waals surface area contributed by atoms with Gasteiger partial charge in [-0.05, 0) is 43.2 Å². The number of anilines is 2. The smallest absolute Gasteiger partial charge is 0.254 e. The van der Waals surface area contributed by atoms with Crippen molar-refractivity contribution in [3.05, 3.63) is 65.2 Å². The molecule has 1 aliphatic rings. The average Bonchev–Trinajstić information content (AvgIpc) is 3.44. The fraction of sp³-hybridized carbons (Fsp3) is 0.182. The molecule has 0 saturated carbocycles. The lowest BCUT2D eigenvalue weighted by Gasteiger charge is -2.15. The molecule has 31 heavy (non-hydrogen) atoms. The predicted octanol–water partition coefficient (Wildman–Crippen LogP) is 4.79. The normalized spacial score (nSPS) is 13.7. The second-order valence-corrected chi connectivity index (χ2v) is 7.70. The third-order valence-electron chi connectivity index (χ3n) is 5.25. The highest BCUT2D eigenvalue weighted by Crippen LogP contribution is 2.31. The quantitative estimate of drug-likeness (QED) is 0.480. The standard InChI is InChI=1S/C22H18ClFN6O/c23-14-4-3-5-15(24)18(14)20-27-16-7-9-26-21(19(16)29-20)28-17-12-13(6-8-25-17)22(31)30-10-1-2-11-30/h3-9,12H,1-2,10-11H2,(H,27,29)(H,25,26,28). The molecule has 2 N–H and O–H groups in total. The molecule has 1 aliphatic heterocycles. The van der Waals surface area contributed by atoms with E-state index in [9.17, 15) is 9.18 Å². The molecule has 1 aromatic carbocycles. The van der Waals surface area contributed by atoms with Gasteiger partial charge < -0.3 is 15.2 Å². The van der Waals surface area contributed by atoms with Crippen LogP contribution in [0.5, 0.6) is 0 Å². The monoisotopic (exact) mass is 436 g/mol. The topological polar surface area (TPSA) is 86.8 Å². The molecule has 1 amide bonds. The summed E-state index contributed by atoms with van der Waals surface area (Å²) >= 11 is 6.18. The Morgan fingerprint density at radius 2 is 1.94 bits per heavy atom. The van der Waals surface area contributed by atoms with E-state index in [1.165, 1.54) is 6.07 Å². The molecule has 0 atom stereocenters. The van der Waals surface area contributed by atoms with Crippen molar-refractivity contribution in [2.75, 3.05) is 18.4 Å². The summed E-state index contributed by atoms with van der Waals surface area (Å²) in [5.74, 6) is 0.735. The lowest BCUT2D eigenvalue weighted by molar-refractivity contribution is 0.0792. The van der Waals surface area contributed by atoms with Gasteiger partial charge in [-0.25, -0.2) is 19.3 Å². The first-order valence-corrected chi connectivity index (χ1v) is 10.3. The molecule has 1 saturated heterocycles. The average molecular weight is 437 g/mol. The number of nitrogens with zero attached hydrogens (tertiary/aromatic N) is 4. The number of hydrogen-bond acceptors (Lipinski definition) is 5. The Labute approximate surface area is 182 Å². The van der Waals surface area contributed by atoms with E-state index in [0.717, 1.165) is 25.9 Å². The summed E-state index contributed by atoms with van der Waals surface area (Å²) in [6, 6.07) is 9.62. The summed E-state index contributed by atoms with van der Waals surface area (Å²) in [5.41, 5.74) is 1.93. The van der Waals surface area contributed by atoms with Crippen molar-refractivity contribution >= 4 is 40.2 Å². The van der Waals surface area contributed by atoms with Crippen LogP contribution in [0.15, 0.2) is 48.8 Å². The van der Waals surface area contributed by atoms with Crippen molar-refractivity contribution in [3.8, 4) is 11.4 Å². The van der Waals surface area contributed by atoms with Gasteiger partial charge >= 0.3 is 0 Å². The van der Waals surface area contributed by atoms with Crippen molar-refractivity contribution in [1.82, 2.24) is 24.8 Å². The lowest BCUT2D eigenvalue weighted by atomic mass is 10.2. The van der Waals surface area contributed by atoms with Gasteiger partial charge in [-0.15, -0.1) is 0 Å². The second-order valence-electron chi connectivity index (χ2n) is 7.29. The van der Waals surface area contributed by atoms with E-state index in [2.05, 4.69) is 25.3 Å². The zero-order chi connectivity index (χ0) is 21.4. The number of amides is 1. The molecular formula is C22H18ClFN6O. The number of H-pyrrole nitrogens is 1. The Kier molecular flexibility index (Phi) is 4.99. The first-order valence-electron chi connectivity index (χ1n) is 9.91. The molecule has 156 valence electrons. The van der Waals surface area contributed by atoms with Crippen molar-refractivity contribution in [2.24, 2.45) is 0 Å². The molecule has 0 radical (unpaired) electrons. The number of fused-ring (bicyclic) bond motifs is 1. The fourth-order valence-corrected chi connectivity index (χ4v) is 3.98. The van der Waals surface area contributed by atoms with Crippen LogP contribution in [0.25, 0.3) is 22.4 Å². The van der Waals surface area contributed by atoms with E-state index >= 15 is 0 Å². The third kappa shape index (κ3) is 3.70. The molecule has 1 fully saturated rings. The van der Waals surface area contributed by atoms with E-state index in [-0.39, 0.29) is 16.5 Å². The number of benzene rings is 1. The van der Waals surface area contributed by atoms with Gasteiger partial charge in [0.25, 0.3) is 5.91 Å². The van der Waals surface area contributed by atoms with E-state index in [4.69, 9.17) is 11.6 Å². The highest BCUT2D eigenvalue weighted by atomic mass is 35.5. The minimum atomic E-state index is -0.469. The molecule has 4 aromatic rings. The summed E-state index contributed by atoms with van der Waals surface area (Å²) < 4.78 is 14.3. The Morgan fingerprint density at radius 3 is 2.74 bits per heavy atom. The van der Waals surface area contributed by atoms with Gasteiger partial charge in [0, 0.05) is 31.0 Å². The summed E-state index contributed by atoms with van der Waals surface area (Å²) in [7, 11) is 0. The molecule has 9 heteroatoms. The maximum absolute atomic E-state index is 14.3. The van der Waals surface area contributed by atoms with E-state index in [1.54, 1.807) is 42.7 Å². The number of halogens is 2. The molecular weight excluding hydrogens is 419 g/mol. The number of rotatable bonds is 4. The molecule has 3 aromatic heterocycles. The molecule has 0 unspecified atom stereocenters. The molecule has 4 heterocycles. The maximum Gasteiger partial charge on any atom is 0.254 e. The van der Waals surface area contributed by atoms with Crippen LogP contribution in [-0.4, -0.2) is 43.8 Å². The van der Waals surface area contributed by atoms with Crippen molar-refractivity contribution in [1.29, 1.82) is 0 Å². The fourth-order valence-electron chi connectivity index (χ4n) is 3.73. The van der Waals surface area contributed by atoms with Gasteiger partial charge in [0.2, 0.25) is 0 Å². The Bertz CT molecular complexity index is 1260. The second kappa shape index (κ2) is 7.96. The summed E-state index contributed by atoms with van der Waals surface area (Å²) in [5, 5.41) is 3.39. The highest BCUT2D eigenvalue weighted by Gasteiger charge is 2.20. The minimum absolute atomic E-state index is 0.00892. The Morgan fingerprint density at radius 1 is 1.13 bits per heavy atom. The number of nitrogens with one attached hydrogen (secondary N) is 2. The minimum Gasteiger partial charge on any atom is -0.339 e. The summed E-state index contributed by atoms with van der Waals surface area (Å²) in [4.78, 5) is 30.8. The van der Waals surface area contributed by atoms with Gasteiger partial charge in [-0.3, -0.25) is 4.79 Å². The van der Waals surface area contributed by atoms with Crippen LogP contribution in [0.2, 0.25) is 5.02 Å². The van der Waals surface area contributed by atoms with E-state index < -0.39 is 5.82 Å². The highest BCUT2D eigenvalue weighted by molar-refractivity contribution is 6.33. The Hall–Kier alpha value is -3.52. The van der Waals surface area contributed by atoms with Crippen LogP contribution in [0.3, 0.4) is 0 Å². The molecule has 0 bridgehead atoms. The van der Waals surface area contributed by atoms with Crippen molar-refractivity contribution in [2.45, 2.75) is 12.8 Å². The molecule has 0 spiro atoms. The predicted molar refractivity (Wildman–Crippen MR) is 117 cm³/mol. The van der Waals surface area contributed by atoms with E-state index in [0.29, 0.717) is 34.1 Å². The van der Waals surface area contributed by atoms with Crippen molar-refractivity contribution in [3.63, 3.8) is 0 Å². The zero-order valence-corrected chi connectivity index (χ0v) is 17.2. The summed E-state index contributed by atoms with van der Waals surface area (Å²) in [6.07, 6.45) is 5.25. The SMILES string of the molecule is O=C(c1ccnc(Nc2nccc3[nH]c(-c4c(F)cccc4Cl)nc23)c1)N1CCCC1. The van der Waals surface area contributed by atoms with Crippen LogP contribution < -0.4 is 5.32 Å². The van der Waals surface area contributed by atoms with Crippen LogP contribution in [0.4, 0.5) is 16.0 Å². The zero-order valence-electron chi connectivity index (χ0n) is 16.4. The summed E-state index contributed by atoms with van der Waals surface area (Å²) in [6.45, 7) is 1.55. The van der Waals surface area contributed by atoms with Crippen LogP contribution in [0.1, 0.15) is 23.2 Å². The van der Waals surface area contributed by atoms with Gasteiger partial charge in [-0.2, -0.15) is 0 Å². The van der Waals surface area contributed by atoms with Crippen LogP contribution in [-0.2, 0) is 0 Å². The number of carbonyl (C=O) groups excluding carboxylic acids is 1. The number of imidazole rings is 1. The first-order chi connectivity index (χ1) is 15.1. The number of aromatic amines is 1. The Balaban J connectivity index is 1.48. The number of carbonyl (C=O) groups is 1. The number of aromatic nitrogens is 4. The third-order valence-corrected chi connectivity index (χ3v) is 5.56. The van der Waals surface area contributed by atoms with Crippen LogP contribution >= 0.6 is 11.6 Å². The first kappa shape index (κ1) is 19.4. The molecule has 0 aliphatic carbocycles. The molecule has 7 nitrogen and oxygen atoms in total. The van der Waals surface area contributed by atoms with Gasteiger partial charge in [0.05, 0.1) is 16.1 Å². The molecule has 5 rings (SSSR count). The van der Waals surface area contributed by atoms with Gasteiger partial charge in [0.1, 0.15) is 23.0 Å². The number of likely N-dealkylation sites (tertiary alicyclic amines) is 1. The van der Waals surface area contributed by atoms with E-state index in [1.807, 2.05) is 4.90 Å². The van der Waals surface area contributed by atoms with Crippen LogP contribution in [0, 0.1) is 5.82 Å². The van der Waals surface area contributed by atoms with Crippen molar-refractivity contribution < 1.29 is 9.18 Å². The lowest BCUT2D eigenvalue weighted by Crippen LogP contribution is -2.27. The number of hydrogen-bond donors (Lipinski definition) is 2. The maximum atomic E-state index is 14.3. The van der Waals surface area contributed by atoms with Gasteiger partial charge in [0.15, 0.2) is 5.82 Å². The van der Waals surface area contributed by atoms with Gasteiger partial charge in [-0.1, -0.05) is 17.7 Å².